The molecule has 294 valence electrons. The summed E-state index contributed by atoms with van der Waals surface area (Å²) in [4.78, 5) is 25.0. The van der Waals surface area contributed by atoms with Crippen molar-refractivity contribution >= 4 is 44.0 Å². The largest absolute Gasteiger partial charge is 0.454 e. The quantitative estimate of drug-likeness (QED) is 0.149. The average Bonchev–Trinajstić information content (AvgIpc) is 3.75. The summed E-state index contributed by atoms with van der Waals surface area (Å²) in [5, 5.41) is 2.13. The maximum atomic E-state index is 6.30. The topological polar surface area (TPSA) is 77.6 Å². The Hall–Kier alpha value is -8.61. The first-order valence-electron chi connectivity index (χ1n) is 21.0. The maximum Gasteiger partial charge on any atom is 0.164 e. The van der Waals surface area contributed by atoms with Crippen LogP contribution in [0.25, 0.3) is 123 Å². The SMILES string of the molecule is c1ccc(-c2ccc(-c3nc(-c4ccccc4)nc(-c4ccc(-c5cccc(-c6cccc(-c7ccc8nc9ccc%10c%11ccccc%11oc%10c9nc8c7)c6)c5)cc4)n3)cc2)cc1. The van der Waals surface area contributed by atoms with Crippen LogP contribution < -0.4 is 0 Å². The summed E-state index contributed by atoms with van der Waals surface area (Å²) in [7, 11) is 0. The fraction of sp³-hybridized carbons (Fsp3) is 0. The molecule has 0 aliphatic rings. The van der Waals surface area contributed by atoms with Gasteiger partial charge < -0.3 is 4.42 Å². The molecular formula is C57H35N5O. The number of furan rings is 1. The van der Waals surface area contributed by atoms with E-state index in [1.54, 1.807) is 0 Å². The molecule has 63 heavy (non-hydrogen) atoms. The van der Waals surface area contributed by atoms with Crippen molar-refractivity contribution in [1.82, 2.24) is 24.9 Å². The van der Waals surface area contributed by atoms with E-state index in [4.69, 9.17) is 29.3 Å². The number of para-hydroxylation sites is 1. The Bertz CT molecular complexity index is 3660. The van der Waals surface area contributed by atoms with Crippen LogP contribution in [0.1, 0.15) is 0 Å². The van der Waals surface area contributed by atoms with Gasteiger partial charge in [0.1, 0.15) is 11.1 Å². The molecule has 0 fully saturated rings. The van der Waals surface area contributed by atoms with Gasteiger partial charge in [-0.15, -0.1) is 0 Å². The van der Waals surface area contributed by atoms with E-state index in [1.807, 2.05) is 60.7 Å². The van der Waals surface area contributed by atoms with Crippen LogP contribution in [0.3, 0.4) is 0 Å². The fourth-order valence-corrected chi connectivity index (χ4v) is 8.46. The molecule has 0 saturated heterocycles. The number of hydrogen-bond acceptors (Lipinski definition) is 6. The van der Waals surface area contributed by atoms with Crippen LogP contribution in [0.4, 0.5) is 0 Å². The van der Waals surface area contributed by atoms with E-state index >= 15 is 0 Å². The summed E-state index contributed by atoms with van der Waals surface area (Å²) in [6.07, 6.45) is 0. The van der Waals surface area contributed by atoms with Gasteiger partial charge in [-0.2, -0.15) is 0 Å². The summed E-state index contributed by atoms with van der Waals surface area (Å²) < 4.78 is 6.30. The first-order valence-corrected chi connectivity index (χ1v) is 21.0. The Morgan fingerprint density at radius 2 is 0.683 bits per heavy atom. The monoisotopic (exact) mass is 805 g/mol. The van der Waals surface area contributed by atoms with Gasteiger partial charge in [0.05, 0.1) is 16.6 Å². The molecule has 6 heteroatoms. The predicted octanol–water partition coefficient (Wildman–Crippen LogP) is 14.5. The highest BCUT2D eigenvalue weighted by Gasteiger charge is 2.15. The van der Waals surface area contributed by atoms with Crippen molar-refractivity contribution in [3.8, 4) is 78.7 Å². The highest BCUT2D eigenvalue weighted by atomic mass is 16.3. The number of hydrogen-bond donors (Lipinski definition) is 0. The Morgan fingerprint density at radius 3 is 1.30 bits per heavy atom. The number of aromatic nitrogens is 5. The summed E-state index contributed by atoms with van der Waals surface area (Å²) in [6, 6.07) is 73.2. The second-order valence-corrected chi connectivity index (χ2v) is 15.7. The van der Waals surface area contributed by atoms with Crippen LogP contribution in [0.5, 0.6) is 0 Å². The van der Waals surface area contributed by atoms with E-state index in [-0.39, 0.29) is 0 Å². The van der Waals surface area contributed by atoms with Gasteiger partial charge in [-0.25, -0.2) is 24.9 Å². The lowest BCUT2D eigenvalue weighted by atomic mass is 9.96. The standard InChI is InChI=1S/C57H35N5O/c1-3-11-36(12-4-1)37-21-25-40(26-22-37)56-60-55(39-13-5-2-6-14-39)61-57(62-56)41-27-23-38(24-28-41)42-15-9-16-43(33-42)44-17-10-18-45(34-44)46-29-31-49-51(35-46)59-53-50(58-49)32-30-48-47-19-7-8-20-52(47)63-54(48)53/h1-35H. The van der Waals surface area contributed by atoms with Gasteiger partial charge in [-0.3, -0.25) is 0 Å². The zero-order chi connectivity index (χ0) is 41.7. The van der Waals surface area contributed by atoms with Crippen LogP contribution in [0.2, 0.25) is 0 Å². The molecule has 0 N–H and O–H groups in total. The van der Waals surface area contributed by atoms with Gasteiger partial charge in [0.2, 0.25) is 0 Å². The molecule has 0 spiro atoms. The average molecular weight is 806 g/mol. The minimum atomic E-state index is 0.624. The summed E-state index contributed by atoms with van der Waals surface area (Å²) >= 11 is 0. The van der Waals surface area contributed by atoms with Crippen LogP contribution in [0.15, 0.2) is 217 Å². The van der Waals surface area contributed by atoms with Gasteiger partial charge in [0, 0.05) is 27.5 Å². The smallest absolute Gasteiger partial charge is 0.164 e. The summed E-state index contributed by atoms with van der Waals surface area (Å²) in [6.45, 7) is 0. The minimum Gasteiger partial charge on any atom is -0.454 e. The van der Waals surface area contributed by atoms with Crippen LogP contribution in [-0.4, -0.2) is 24.9 Å². The van der Waals surface area contributed by atoms with Crippen molar-refractivity contribution in [2.45, 2.75) is 0 Å². The van der Waals surface area contributed by atoms with Gasteiger partial charge in [0.25, 0.3) is 0 Å². The lowest BCUT2D eigenvalue weighted by Crippen LogP contribution is -2.00. The Kier molecular flexibility index (Phi) is 8.71. The van der Waals surface area contributed by atoms with Gasteiger partial charge in [0.15, 0.2) is 23.1 Å². The third-order valence-electron chi connectivity index (χ3n) is 11.7. The molecule has 0 saturated carbocycles. The van der Waals surface area contributed by atoms with Gasteiger partial charge >= 0.3 is 0 Å². The van der Waals surface area contributed by atoms with E-state index in [0.717, 1.165) is 99.6 Å². The molecule has 9 aromatic carbocycles. The number of benzene rings is 9. The maximum absolute atomic E-state index is 6.30. The number of fused-ring (bicyclic) bond motifs is 6. The third-order valence-corrected chi connectivity index (χ3v) is 11.7. The summed E-state index contributed by atoms with van der Waals surface area (Å²) in [5.74, 6) is 1.89. The Labute approximate surface area is 362 Å². The molecule has 0 radical (unpaired) electrons. The molecule has 0 bridgehead atoms. The molecule has 0 unspecified atom stereocenters. The first-order chi connectivity index (χ1) is 31.2. The molecule has 12 aromatic rings. The van der Waals surface area contributed by atoms with Crippen molar-refractivity contribution < 1.29 is 4.42 Å². The highest BCUT2D eigenvalue weighted by molar-refractivity contribution is 6.14. The molecular weight excluding hydrogens is 771 g/mol. The molecule has 0 aliphatic heterocycles. The van der Waals surface area contributed by atoms with Crippen molar-refractivity contribution in [3.05, 3.63) is 212 Å². The molecule has 3 heterocycles. The Morgan fingerprint density at radius 1 is 0.254 bits per heavy atom. The van der Waals surface area contributed by atoms with Gasteiger partial charge in [-0.1, -0.05) is 170 Å². The molecule has 12 rings (SSSR count). The first kappa shape index (κ1) is 36.3. The lowest BCUT2D eigenvalue weighted by Gasteiger charge is -2.11. The molecule has 3 aromatic heterocycles. The van der Waals surface area contributed by atoms with Crippen LogP contribution >= 0.6 is 0 Å². The normalized spacial score (nSPS) is 11.5. The predicted molar refractivity (Wildman–Crippen MR) is 256 cm³/mol. The van der Waals surface area contributed by atoms with Crippen LogP contribution in [0, 0.1) is 0 Å². The molecule has 0 atom stereocenters. The van der Waals surface area contributed by atoms with E-state index in [0.29, 0.717) is 17.5 Å². The van der Waals surface area contributed by atoms with Crippen molar-refractivity contribution in [3.63, 3.8) is 0 Å². The van der Waals surface area contributed by atoms with E-state index < -0.39 is 0 Å². The number of nitrogens with zero attached hydrogens (tertiary/aromatic N) is 5. The zero-order valence-corrected chi connectivity index (χ0v) is 33.9. The molecule has 6 nitrogen and oxygen atoms in total. The van der Waals surface area contributed by atoms with Gasteiger partial charge in [-0.05, 0) is 87.0 Å². The van der Waals surface area contributed by atoms with E-state index in [1.165, 1.54) is 5.56 Å². The second kappa shape index (κ2) is 15.1. The molecule has 0 aliphatic carbocycles. The van der Waals surface area contributed by atoms with Crippen molar-refractivity contribution in [1.29, 1.82) is 0 Å². The molecule has 0 amide bonds. The summed E-state index contributed by atoms with van der Waals surface area (Å²) in [5.41, 5.74) is 16.6. The third kappa shape index (κ3) is 6.76. The van der Waals surface area contributed by atoms with Crippen LogP contribution in [-0.2, 0) is 0 Å². The minimum absolute atomic E-state index is 0.624. The van der Waals surface area contributed by atoms with E-state index in [9.17, 15) is 0 Å². The van der Waals surface area contributed by atoms with Crippen molar-refractivity contribution in [2.75, 3.05) is 0 Å². The van der Waals surface area contributed by atoms with E-state index in [2.05, 4.69) is 152 Å². The zero-order valence-electron chi connectivity index (χ0n) is 33.9. The Balaban J connectivity index is 0.846. The fourth-order valence-electron chi connectivity index (χ4n) is 8.46. The highest BCUT2D eigenvalue weighted by Crippen LogP contribution is 2.36. The second-order valence-electron chi connectivity index (χ2n) is 15.7. The van der Waals surface area contributed by atoms with Crippen molar-refractivity contribution in [2.24, 2.45) is 0 Å². The lowest BCUT2D eigenvalue weighted by molar-refractivity contribution is 0.671. The number of rotatable bonds is 7.